The largest absolute Gasteiger partial charge is 0.462 e. The average molecular weight is 369 g/mol. The number of nitrogens with zero attached hydrogens (tertiary/aromatic N) is 1. The van der Waals surface area contributed by atoms with Crippen LogP contribution in [-0.2, 0) is 4.74 Å². The predicted molar refractivity (Wildman–Crippen MR) is 96.2 cm³/mol. The smallest absolute Gasteiger partial charge is 0.342 e. The predicted octanol–water partition coefficient (Wildman–Crippen LogP) is 5.20. The second kappa shape index (κ2) is 6.50. The van der Waals surface area contributed by atoms with Crippen molar-refractivity contribution in [3.8, 4) is 11.3 Å². The van der Waals surface area contributed by atoms with Crippen molar-refractivity contribution in [2.24, 2.45) is 0 Å². The van der Waals surface area contributed by atoms with Gasteiger partial charge in [0, 0.05) is 16.5 Å². The van der Waals surface area contributed by atoms with Gasteiger partial charge >= 0.3 is 5.97 Å². The summed E-state index contributed by atoms with van der Waals surface area (Å²) in [5, 5.41) is 11.9. The molecule has 138 valence electrons. The van der Waals surface area contributed by atoms with Crippen molar-refractivity contribution >= 4 is 22.6 Å². The summed E-state index contributed by atoms with van der Waals surface area (Å²) in [6.07, 6.45) is 1.76. The summed E-state index contributed by atoms with van der Waals surface area (Å²) < 4.78 is 24.3. The fourth-order valence-corrected chi connectivity index (χ4v) is 3.24. The van der Waals surface area contributed by atoms with Gasteiger partial charge in [-0.25, -0.2) is 9.18 Å². The lowest BCUT2D eigenvalue weighted by molar-refractivity contribution is -0.385. The standard InChI is InChI=1S/C20H16FNO5/c1-2-26-20(23)18-15-9-14(11-3-4-11)16(22(24)25)10-17(15)27-19(18)12-5-7-13(21)8-6-12/h5-11H,2-4H2,1H3. The van der Waals surface area contributed by atoms with Gasteiger partial charge in [-0.1, -0.05) is 0 Å². The van der Waals surface area contributed by atoms with Gasteiger partial charge in [-0.15, -0.1) is 0 Å². The van der Waals surface area contributed by atoms with Gasteiger partial charge in [0.15, 0.2) is 0 Å². The number of halogens is 1. The molecule has 0 spiro atoms. The van der Waals surface area contributed by atoms with Crippen LogP contribution in [0.3, 0.4) is 0 Å². The first-order valence-corrected chi connectivity index (χ1v) is 8.67. The summed E-state index contributed by atoms with van der Waals surface area (Å²) in [6.45, 7) is 1.87. The third-order valence-corrected chi connectivity index (χ3v) is 4.64. The summed E-state index contributed by atoms with van der Waals surface area (Å²) in [7, 11) is 0. The van der Waals surface area contributed by atoms with Crippen LogP contribution in [0.25, 0.3) is 22.3 Å². The summed E-state index contributed by atoms with van der Waals surface area (Å²) in [5.41, 5.74) is 1.51. The minimum absolute atomic E-state index is 0.0141. The number of hydrogen-bond acceptors (Lipinski definition) is 5. The molecule has 0 N–H and O–H groups in total. The number of esters is 1. The maximum absolute atomic E-state index is 13.3. The highest BCUT2D eigenvalue weighted by Crippen LogP contribution is 2.47. The monoisotopic (exact) mass is 369 g/mol. The highest BCUT2D eigenvalue weighted by molar-refractivity contribution is 6.09. The molecule has 1 aliphatic carbocycles. The van der Waals surface area contributed by atoms with Gasteiger partial charge in [-0.3, -0.25) is 10.1 Å². The van der Waals surface area contributed by atoms with Crippen molar-refractivity contribution < 1.29 is 23.3 Å². The van der Waals surface area contributed by atoms with E-state index in [-0.39, 0.29) is 35.1 Å². The SMILES string of the molecule is CCOC(=O)c1c(-c2ccc(F)cc2)oc2cc([N+](=O)[O-])c(C3CC3)cc12. The van der Waals surface area contributed by atoms with Crippen LogP contribution in [0, 0.1) is 15.9 Å². The van der Waals surface area contributed by atoms with Crippen LogP contribution in [0.4, 0.5) is 10.1 Å². The summed E-state index contributed by atoms with van der Waals surface area (Å²) in [5.74, 6) is -0.662. The van der Waals surface area contributed by atoms with Gasteiger partial charge in [-0.05, 0) is 56.0 Å². The molecule has 27 heavy (non-hydrogen) atoms. The Morgan fingerprint density at radius 2 is 2.00 bits per heavy atom. The zero-order valence-electron chi connectivity index (χ0n) is 14.5. The van der Waals surface area contributed by atoms with Gasteiger partial charge in [-0.2, -0.15) is 0 Å². The lowest BCUT2D eigenvalue weighted by atomic mass is 10.0. The quantitative estimate of drug-likeness (QED) is 0.351. The lowest BCUT2D eigenvalue weighted by Crippen LogP contribution is -2.05. The van der Waals surface area contributed by atoms with Crippen LogP contribution in [0.15, 0.2) is 40.8 Å². The fraction of sp³-hybridized carbons (Fsp3) is 0.250. The number of carbonyl (C=O) groups excluding carboxylic acids is 1. The molecule has 0 amide bonds. The molecule has 3 aromatic rings. The second-order valence-electron chi connectivity index (χ2n) is 6.47. The molecule has 0 saturated heterocycles. The van der Waals surface area contributed by atoms with E-state index in [0.717, 1.165) is 12.8 Å². The first-order chi connectivity index (χ1) is 13.0. The van der Waals surface area contributed by atoms with E-state index in [4.69, 9.17) is 9.15 Å². The molecule has 1 aromatic heterocycles. The molecule has 1 fully saturated rings. The van der Waals surface area contributed by atoms with E-state index in [2.05, 4.69) is 0 Å². The van der Waals surface area contributed by atoms with Crippen molar-refractivity contribution in [1.82, 2.24) is 0 Å². The third-order valence-electron chi connectivity index (χ3n) is 4.64. The minimum Gasteiger partial charge on any atom is -0.462 e. The third kappa shape index (κ3) is 3.05. The number of hydrogen-bond donors (Lipinski definition) is 0. The van der Waals surface area contributed by atoms with Crippen LogP contribution in [0.5, 0.6) is 0 Å². The van der Waals surface area contributed by atoms with Crippen molar-refractivity contribution in [2.45, 2.75) is 25.7 Å². The highest BCUT2D eigenvalue weighted by atomic mass is 19.1. The number of nitro groups is 1. The van der Waals surface area contributed by atoms with E-state index in [1.165, 1.54) is 30.3 Å². The van der Waals surface area contributed by atoms with Crippen molar-refractivity contribution in [3.63, 3.8) is 0 Å². The first kappa shape index (κ1) is 17.2. The Kier molecular flexibility index (Phi) is 4.14. The first-order valence-electron chi connectivity index (χ1n) is 8.67. The maximum Gasteiger partial charge on any atom is 0.342 e. The van der Waals surface area contributed by atoms with E-state index in [1.54, 1.807) is 13.0 Å². The Hall–Kier alpha value is -3.22. The molecule has 7 heteroatoms. The van der Waals surface area contributed by atoms with Crippen LogP contribution < -0.4 is 0 Å². The fourth-order valence-electron chi connectivity index (χ4n) is 3.24. The topological polar surface area (TPSA) is 82.6 Å². The number of nitro benzene ring substituents is 1. The van der Waals surface area contributed by atoms with E-state index in [9.17, 15) is 19.3 Å². The molecule has 1 heterocycles. The number of ether oxygens (including phenoxy) is 1. The van der Waals surface area contributed by atoms with Gasteiger partial charge in [0.25, 0.3) is 5.69 Å². The maximum atomic E-state index is 13.3. The van der Waals surface area contributed by atoms with Crippen LogP contribution in [0.2, 0.25) is 0 Å². The van der Waals surface area contributed by atoms with Gasteiger partial charge < -0.3 is 9.15 Å². The number of benzene rings is 2. The molecule has 1 saturated carbocycles. The Balaban J connectivity index is 1.99. The Morgan fingerprint density at radius 1 is 1.30 bits per heavy atom. The van der Waals surface area contributed by atoms with E-state index in [1.807, 2.05) is 0 Å². The molecule has 0 bridgehead atoms. The minimum atomic E-state index is -0.578. The molecule has 1 aliphatic rings. The zero-order valence-corrected chi connectivity index (χ0v) is 14.5. The van der Waals surface area contributed by atoms with E-state index >= 15 is 0 Å². The number of rotatable bonds is 5. The van der Waals surface area contributed by atoms with Gasteiger partial charge in [0.1, 0.15) is 22.7 Å². The summed E-state index contributed by atoms with van der Waals surface area (Å²) in [4.78, 5) is 23.6. The molecule has 4 rings (SSSR count). The summed E-state index contributed by atoms with van der Waals surface area (Å²) in [6, 6.07) is 8.52. The Morgan fingerprint density at radius 3 is 2.59 bits per heavy atom. The van der Waals surface area contributed by atoms with Crippen LogP contribution in [0.1, 0.15) is 41.6 Å². The normalized spacial score (nSPS) is 13.7. The Labute approximate surface area is 153 Å². The van der Waals surface area contributed by atoms with E-state index < -0.39 is 16.7 Å². The van der Waals surface area contributed by atoms with Gasteiger partial charge in [0.05, 0.1) is 17.6 Å². The summed E-state index contributed by atoms with van der Waals surface area (Å²) >= 11 is 0. The molecule has 0 radical (unpaired) electrons. The molecular formula is C20H16FNO5. The van der Waals surface area contributed by atoms with Crippen molar-refractivity contribution in [3.05, 3.63) is 63.5 Å². The number of furan rings is 1. The number of fused-ring (bicyclic) bond motifs is 1. The van der Waals surface area contributed by atoms with E-state index in [0.29, 0.717) is 16.5 Å². The zero-order chi connectivity index (χ0) is 19.1. The van der Waals surface area contributed by atoms with Gasteiger partial charge in [0.2, 0.25) is 0 Å². The number of carbonyl (C=O) groups is 1. The molecule has 6 nitrogen and oxygen atoms in total. The van der Waals surface area contributed by atoms with Crippen LogP contribution in [-0.4, -0.2) is 17.5 Å². The van der Waals surface area contributed by atoms with Crippen LogP contribution >= 0.6 is 0 Å². The van der Waals surface area contributed by atoms with Crippen molar-refractivity contribution in [1.29, 1.82) is 0 Å². The average Bonchev–Trinajstić information content (AvgIpc) is 3.41. The highest BCUT2D eigenvalue weighted by Gasteiger charge is 2.33. The van der Waals surface area contributed by atoms with Crippen molar-refractivity contribution in [2.75, 3.05) is 6.61 Å². The molecule has 2 aromatic carbocycles. The Bertz CT molecular complexity index is 1050. The molecule has 0 aliphatic heterocycles. The molecular weight excluding hydrogens is 353 g/mol. The second-order valence-corrected chi connectivity index (χ2v) is 6.47. The lowest BCUT2D eigenvalue weighted by Gasteiger charge is -2.04. The molecule has 0 unspecified atom stereocenters. The molecule has 0 atom stereocenters.